The van der Waals surface area contributed by atoms with Gasteiger partial charge in [0.05, 0.1) is 6.54 Å². The molecule has 0 aromatic heterocycles. The van der Waals surface area contributed by atoms with Crippen LogP contribution in [-0.2, 0) is 9.59 Å². The van der Waals surface area contributed by atoms with Crippen LogP contribution in [0.25, 0.3) is 0 Å². The number of hydrogen-bond donors (Lipinski definition) is 0. The molecule has 2 amide bonds. The van der Waals surface area contributed by atoms with Gasteiger partial charge in [0.25, 0.3) is 5.91 Å². The summed E-state index contributed by atoms with van der Waals surface area (Å²) in [6, 6.07) is 5.78. The molecule has 1 aromatic carbocycles. The minimum atomic E-state index is -0.333. The number of carbonyl (C=O) groups excluding carboxylic acids is 2. The van der Waals surface area contributed by atoms with Gasteiger partial charge in [0.15, 0.2) is 6.61 Å². The van der Waals surface area contributed by atoms with Gasteiger partial charge in [0.2, 0.25) is 5.91 Å². The fourth-order valence-corrected chi connectivity index (χ4v) is 3.71. The van der Waals surface area contributed by atoms with Crippen molar-refractivity contribution in [3.63, 3.8) is 0 Å². The minimum Gasteiger partial charge on any atom is -0.484 e. The normalized spacial score (nSPS) is 22.8. The molecule has 0 spiro atoms. The van der Waals surface area contributed by atoms with Gasteiger partial charge in [-0.25, -0.2) is 4.39 Å². The molecule has 26 heavy (non-hydrogen) atoms. The summed E-state index contributed by atoms with van der Waals surface area (Å²) in [7, 11) is 3.52. The number of rotatable bonds is 5. The second-order valence-electron chi connectivity index (χ2n) is 7.37. The maximum atomic E-state index is 12.9. The first-order valence-electron chi connectivity index (χ1n) is 9.02. The lowest BCUT2D eigenvalue weighted by molar-refractivity contribution is -0.137. The van der Waals surface area contributed by atoms with E-state index in [4.69, 9.17) is 4.74 Å². The molecule has 2 atom stereocenters. The van der Waals surface area contributed by atoms with Crippen molar-refractivity contribution < 1.29 is 18.7 Å². The van der Waals surface area contributed by atoms with E-state index in [2.05, 4.69) is 4.90 Å². The number of carbonyl (C=O) groups is 2. The fourth-order valence-electron chi connectivity index (χ4n) is 3.71. The van der Waals surface area contributed by atoms with E-state index in [1.807, 2.05) is 4.90 Å². The average Bonchev–Trinajstić information content (AvgIpc) is 2.91. The number of amides is 2. The fraction of sp³-hybridized carbons (Fsp3) is 0.579. The molecule has 0 unspecified atom stereocenters. The van der Waals surface area contributed by atoms with E-state index in [1.54, 1.807) is 19.0 Å². The van der Waals surface area contributed by atoms with E-state index in [0.717, 1.165) is 25.9 Å². The Morgan fingerprint density at radius 2 is 1.88 bits per heavy atom. The third-order valence-corrected chi connectivity index (χ3v) is 5.14. The summed E-state index contributed by atoms with van der Waals surface area (Å²) < 4.78 is 18.5. The number of ether oxygens (including phenoxy) is 1. The molecule has 1 aromatic rings. The van der Waals surface area contributed by atoms with Gasteiger partial charge in [-0.1, -0.05) is 0 Å². The van der Waals surface area contributed by atoms with E-state index in [0.29, 0.717) is 24.8 Å². The molecular formula is C19H26FN3O3. The lowest BCUT2D eigenvalue weighted by Gasteiger charge is -2.36. The van der Waals surface area contributed by atoms with Crippen LogP contribution in [0.5, 0.6) is 5.75 Å². The number of nitrogens with zero attached hydrogens (tertiary/aromatic N) is 3. The molecule has 0 N–H and O–H groups in total. The molecule has 6 nitrogen and oxygen atoms in total. The average molecular weight is 363 g/mol. The zero-order valence-electron chi connectivity index (χ0n) is 15.4. The lowest BCUT2D eigenvalue weighted by Crippen LogP contribution is -2.49. The topological polar surface area (TPSA) is 53.1 Å². The van der Waals surface area contributed by atoms with Crippen molar-refractivity contribution in [3.05, 3.63) is 30.1 Å². The molecule has 3 aliphatic rings. The zero-order valence-corrected chi connectivity index (χ0v) is 15.4. The van der Waals surface area contributed by atoms with Gasteiger partial charge in [-0.05, 0) is 43.0 Å². The van der Waals surface area contributed by atoms with Crippen LogP contribution in [0.1, 0.15) is 12.8 Å². The van der Waals surface area contributed by atoms with Crippen LogP contribution in [0.15, 0.2) is 24.3 Å². The highest BCUT2D eigenvalue weighted by Gasteiger charge is 2.37. The van der Waals surface area contributed by atoms with Crippen LogP contribution in [0, 0.1) is 11.7 Å². The number of halogens is 1. The van der Waals surface area contributed by atoms with Gasteiger partial charge < -0.3 is 14.5 Å². The predicted molar refractivity (Wildman–Crippen MR) is 95.3 cm³/mol. The largest absolute Gasteiger partial charge is 0.484 e. The highest BCUT2D eigenvalue weighted by Crippen LogP contribution is 2.28. The maximum absolute atomic E-state index is 12.9. The van der Waals surface area contributed by atoms with Gasteiger partial charge in [0.1, 0.15) is 11.6 Å². The number of piperidine rings is 1. The highest BCUT2D eigenvalue weighted by molar-refractivity contribution is 5.79. The number of benzene rings is 1. The smallest absolute Gasteiger partial charge is 0.260 e. The summed E-state index contributed by atoms with van der Waals surface area (Å²) in [5, 5.41) is 0. The third kappa shape index (κ3) is 4.52. The maximum Gasteiger partial charge on any atom is 0.260 e. The van der Waals surface area contributed by atoms with Crippen LogP contribution in [0.4, 0.5) is 4.39 Å². The summed E-state index contributed by atoms with van der Waals surface area (Å²) in [5.74, 6) is 0.575. The van der Waals surface area contributed by atoms with Crippen molar-refractivity contribution in [3.8, 4) is 5.75 Å². The molecule has 2 bridgehead atoms. The highest BCUT2D eigenvalue weighted by atomic mass is 19.1. The van der Waals surface area contributed by atoms with Crippen molar-refractivity contribution in [2.75, 3.05) is 46.9 Å². The van der Waals surface area contributed by atoms with Gasteiger partial charge >= 0.3 is 0 Å². The third-order valence-electron chi connectivity index (χ3n) is 5.14. The van der Waals surface area contributed by atoms with Crippen molar-refractivity contribution in [2.24, 2.45) is 5.92 Å². The first-order chi connectivity index (χ1) is 12.4. The quantitative estimate of drug-likeness (QED) is 0.789. The molecule has 0 aliphatic carbocycles. The van der Waals surface area contributed by atoms with Gasteiger partial charge in [-0.15, -0.1) is 0 Å². The zero-order chi connectivity index (χ0) is 18.7. The Bertz CT molecular complexity index is 650. The molecule has 4 rings (SSSR count). The molecule has 0 radical (unpaired) electrons. The second-order valence-corrected chi connectivity index (χ2v) is 7.37. The molecule has 3 fully saturated rings. The van der Waals surface area contributed by atoms with Gasteiger partial charge in [-0.3, -0.25) is 14.5 Å². The van der Waals surface area contributed by atoms with Crippen LogP contribution in [0.3, 0.4) is 0 Å². The van der Waals surface area contributed by atoms with Crippen molar-refractivity contribution in [1.82, 2.24) is 14.7 Å². The molecule has 3 saturated heterocycles. The summed E-state index contributed by atoms with van der Waals surface area (Å²) in [5.41, 5.74) is 0. The minimum absolute atomic E-state index is 0.0501. The van der Waals surface area contributed by atoms with Crippen LogP contribution in [0.2, 0.25) is 0 Å². The van der Waals surface area contributed by atoms with E-state index in [1.165, 1.54) is 24.3 Å². The van der Waals surface area contributed by atoms with Gasteiger partial charge in [-0.2, -0.15) is 0 Å². The number of fused-ring (bicyclic) bond motifs is 4. The monoisotopic (exact) mass is 363 g/mol. The first-order valence-corrected chi connectivity index (χ1v) is 9.02. The SMILES string of the molecule is CN(C)C(=O)CN1C[C@H]2CC[C@@H](C1)N(C(=O)COc1ccc(F)cc1)C2. The molecule has 3 heterocycles. The Labute approximate surface area is 153 Å². The van der Waals surface area contributed by atoms with E-state index < -0.39 is 0 Å². The Balaban J connectivity index is 1.57. The predicted octanol–water partition coefficient (Wildman–Crippen LogP) is 1.22. The van der Waals surface area contributed by atoms with Crippen molar-refractivity contribution in [1.29, 1.82) is 0 Å². The Morgan fingerprint density at radius 1 is 1.15 bits per heavy atom. The molecule has 142 valence electrons. The molecule has 0 saturated carbocycles. The van der Waals surface area contributed by atoms with Gasteiger partial charge in [0, 0.05) is 39.8 Å². The van der Waals surface area contributed by atoms with Crippen LogP contribution in [-0.4, -0.2) is 79.4 Å². The Morgan fingerprint density at radius 3 is 2.58 bits per heavy atom. The van der Waals surface area contributed by atoms with E-state index in [9.17, 15) is 14.0 Å². The molecule has 7 heteroatoms. The van der Waals surface area contributed by atoms with Crippen LogP contribution < -0.4 is 4.74 Å². The summed E-state index contributed by atoms with van der Waals surface area (Å²) in [6.07, 6.45) is 2.04. The van der Waals surface area contributed by atoms with Crippen molar-refractivity contribution >= 4 is 11.8 Å². The number of hydrogen-bond acceptors (Lipinski definition) is 4. The second kappa shape index (κ2) is 8.03. The standard InChI is InChI=1S/C19H26FN3O3/c1-21(2)18(24)12-22-9-14-3-6-16(11-22)23(10-14)19(25)13-26-17-7-4-15(20)5-8-17/h4-5,7-8,14,16H,3,6,9-13H2,1-2H3/t14-,16+/m1/s1. The van der Waals surface area contributed by atoms with E-state index in [-0.39, 0.29) is 30.3 Å². The molecular weight excluding hydrogens is 337 g/mol. The Kier molecular flexibility index (Phi) is 5.76. The van der Waals surface area contributed by atoms with E-state index >= 15 is 0 Å². The lowest BCUT2D eigenvalue weighted by atomic mass is 9.95. The van der Waals surface area contributed by atoms with Crippen molar-refractivity contribution in [2.45, 2.75) is 18.9 Å². The number of likely N-dealkylation sites (N-methyl/N-ethyl adjacent to an activating group) is 1. The summed E-state index contributed by atoms with van der Waals surface area (Å²) >= 11 is 0. The summed E-state index contributed by atoms with van der Waals surface area (Å²) in [6.45, 7) is 2.62. The Hall–Kier alpha value is -2.15. The first kappa shape index (κ1) is 18.6. The summed E-state index contributed by atoms with van der Waals surface area (Å²) in [4.78, 5) is 30.3. The van der Waals surface area contributed by atoms with Crippen LogP contribution >= 0.6 is 0 Å². The molecule has 3 aliphatic heterocycles.